The largest absolute Gasteiger partial charge is 0.447 e. The van der Waals surface area contributed by atoms with Gasteiger partial charge in [-0.05, 0) is 25.5 Å². The van der Waals surface area contributed by atoms with Crippen molar-refractivity contribution in [3.8, 4) is 0 Å². The van der Waals surface area contributed by atoms with Crippen molar-refractivity contribution < 1.29 is 12.8 Å². The Morgan fingerprint density at radius 2 is 2.15 bits per heavy atom. The van der Waals surface area contributed by atoms with Crippen molar-refractivity contribution in [1.82, 2.24) is 9.62 Å². The van der Waals surface area contributed by atoms with E-state index in [1.54, 1.807) is 12.1 Å². The topological polar surface area (TPSA) is 62.6 Å². The zero-order chi connectivity index (χ0) is 14.8. The summed E-state index contributed by atoms with van der Waals surface area (Å²) in [5, 5.41) is 3.24. The Labute approximate surface area is 120 Å². The molecule has 0 aliphatic carbocycles. The summed E-state index contributed by atoms with van der Waals surface area (Å²) in [6, 6.07) is 3.59. The van der Waals surface area contributed by atoms with Crippen molar-refractivity contribution >= 4 is 10.0 Å². The number of sulfonamides is 1. The first-order chi connectivity index (χ1) is 9.39. The van der Waals surface area contributed by atoms with Crippen LogP contribution < -0.4 is 5.32 Å². The number of furan rings is 1. The van der Waals surface area contributed by atoms with Crippen LogP contribution in [-0.4, -0.2) is 31.9 Å². The second kappa shape index (κ2) is 6.11. The fourth-order valence-corrected chi connectivity index (χ4v) is 3.53. The van der Waals surface area contributed by atoms with E-state index in [0.717, 1.165) is 12.0 Å². The maximum atomic E-state index is 12.5. The maximum Gasteiger partial charge on any atom is 0.276 e. The normalized spacial score (nSPS) is 17.5. The van der Waals surface area contributed by atoms with Crippen LogP contribution in [0.1, 0.15) is 33.0 Å². The Balaban J connectivity index is 2.12. The van der Waals surface area contributed by atoms with Gasteiger partial charge in [-0.2, -0.15) is 4.31 Å². The van der Waals surface area contributed by atoms with E-state index in [-0.39, 0.29) is 5.09 Å². The van der Waals surface area contributed by atoms with Crippen molar-refractivity contribution in [2.45, 2.75) is 44.9 Å². The standard InChI is InChI=1S/C14H22N2O3S/c1-11(2)15-9-13-6-7-14(19-13)20(17,18)16-8-4-5-12(3)10-16/h5-7,11,15H,4,8-10H2,1-3H3. The van der Waals surface area contributed by atoms with Crippen LogP contribution in [0.5, 0.6) is 0 Å². The molecule has 0 aromatic carbocycles. The molecule has 0 unspecified atom stereocenters. The molecule has 0 spiro atoms. The predicted molar refractivity (Wildman–Crippen MR) is 77.8 cm³/mol. The van der Waals surface area contributed by atoms with Crippen molar-refractivity contribution in [2.24, 2.45) is 0 Å². The highest BCUT2D eigenvalue weighted by atomic mass is 32.2. The lowest BCUT2D eigenvalue weighted by atomic mass is 10.2. The summed E-state index contributed by atoms with van der Waals surface area (Å²) < 4.78 is 31.9. The van der Waals surface area contributed by atoms with Gasteiger partial charge >= 0.3 is 0 Å². The molecule has 0 fully saturated rings. The van der Waals surface area contributed by atoms with Crippen molar-refractivity contribution in [3.05, 3.63) is 29.5 Å². The molecule has 6 heteroatoms. The van der Waals surface area contributed by atoms with Gasteiger partial charge in [-0.1, -0.05) is 25.5 Å². The van der Waals surface area contributed by atoms with Gasteiger partial charge in [-0.25, -0.2) is 8.42 Å². The minimum absolute atomic E-state index is 0.0350. The van der Waals surface area contributed by atoms with E-state index in [2.05, 4.69) is 11.4 Å². The van der Waals surface area contributed by atoms with Gasteiger partial charge < -0.3 is 9.73 Å². The summed E-state index contributed by atoms with van der Waals surface area (Å²) in [6.45, 7) is 7.50. The molecule has 1 aromatic heterocycles. The van der Waals surface area contributed by atoms with Gasteiger partial charge in [0.1, 0.15) is 5.76 Å². The molecule has 0 saturated carbocycles. The molecule has 112 valence electrons. The fourth-order valence-electron chi connectivity index (χ4n) is 2.11. The molecule has 1 aromatic rings. The molecule has 0 amide bonds. The number of nitrogens with zero attached hydrogens (tertiary/aromatic N) is 1. The molecule has 1 N–H and O–H groups in total. The molecule has 20 heavy (non-hydrogen) atoms. The van der Waals surface area contributed by atoms with E-state index in [9.17, 15) is 8.42 Å². The molecule has 0 atom stereocenters. The molecule has 0 bridgehead atoms. The first-order valence-corrected chi connectivity index (χ1v) is 8.31. The Bertz CT molecular complexity index is 587. The summed E-state index contributed by atoms with van der Waals surface area (Å²) in [5.41, 5.74) is 1.08. The van der Waals surface area contributed by atoms with E-state index in [1.165, 1.54) is 4.31 Å². The quantitative estimate of drug-likeness (QED) is 0.846. The van der Waals surface area contributed by atoms with Gasteiger partial charge in [-0.3, -0.25) is 0 Å². The van der Waals surface area contributed by atoms with Crippen LogP contribution in [0.2, 0.25) is 0 Å². The zero-order valence-electron chi connectivity index (χ0n) is 12.2. The van der Waals surface area contributed by atoms with Gasteiger partial charge in [0, 0.05) is 19.1 Å². The Morgan fingerprint density at radius 1 is 1.40 bits per heavy atom. The number of nitrogens with one attached hydrogen (secondary N) is 1. The molecule has 2 rings (SSSR count). The van der Waals surface area contributed by atoms with Crippen LogP contribution in [0.4, 0.5) is 0 Å². The highest BCUT2D eigenvalue weighted by molar-refractivity contribution is 7.89. The van der Waals surface area contributed by atoms with Crippen molar-refractivity contribution in [1.29, 1.82) is 0 Å². The molecule has 1 aliphatic heterocycles. The van der Waals surface area contributed by atoms with E-state index in [0.29, 0.717) is 31.4 Å². The maximum absolute atomic E-state index is 12.5. The molecular weight excluding hydrogens is 276 g/mol. The number of hydrogen-bond acceptors (Lipinski definition) is 4. The van der Waals surface area contributed by atoms with Gasteiger partial charge in [0.2, 0.25) is 5.09 Å². The third kappa shape index (κ3) is 3.50. The van der Waals surface area contributed by atoms with Crippen molar-refractivity contribution in [3.63, 3.8) is 0 Å². The van der Waals surface area contributed by atoms with Crippen LogP contribution >= 0.6 is 0 Å². The van der Waals surface area contributed by atoms with Crippen LogP contribution in [0.15, 0.2) is 33.3 Å². The Kier molecular flexibility index (Phi) is 4.67. The average molecular weight is 298 g/mol. The molecule has 5 nitrogen and oxygen atoms in total. The first-order valence-electron chi connectivity index (χ1n) is 6.87. The monoisotopic (exact) mass is 298 g/mol. The molecule has 2 heterocycles. The third-order valence-electron chi connectivity index (χ3n) is 3.21. The van der Waals surface area contributed by atoms with E-state index in [4.69, 9.17) is 4.42 Å². The van der Waals surface area contributed by atoms with Gasteiger partial charge in [-0.15, -0.1) is 0 Å². The molecule has 0 radical (unpaired) electrons. The van der Waals surface area contributed by atoms with Crippen molar-refractivity contribution in [2.75, 3.05) is 13.1 Å². The lowest BCUT2D eigenvalue weighted by Crippen LogP contribution is -2.35. The molecule has 0 saturated heterocycles. The Hall–Kier alpha value is -1.11. The lowest BCUT2D eigenvalue weighted by molar-refractivity contribution is 0.365. The molecule has 1 aliphatic rings. The predicted octanol–water partition coefficient (Wildman–Crippen LogP) is 2.12. The summed E-state index contributed by atoms with van der Waals surface area (Å²) in [7, 11) is -3.51. The average Bonchev–Trinajstić information content (AvgIpc) is 2.86. The van der Waals surface area contributed by atoms with Gasteiger partial charge in [0.05, 0.1) is 6.54 Å². The highest BCUT2D eigenvalue weighted by Crippen LogP contribution is 2.22. The SMILES string of the molecule is CC1=CCCN(S(=O)(=O)c2ccc(CNC(C)C)o2)C1. The number of rotatable bonds is 5. The first kappa shape index (κ1) is 15.3. The summed E-state index contributed by atoms with van der Waals surface area (Å²) in [6.07, 6.45) is 2.83. The number of hydrogen-bond donors (Lipinski definition) is 1. The summed E-state index contributed by atoms with van der Waals surface area (Å²) in [4.78, 5) is 0. The van der Waals surface area contributed by atoms with Crippen LogP contribution in [0.3, 0.4) is 0 Å². The van der Waals surface area contributed by atoms with Crippen LogP contribution in [0, 0.1) is 0 Å². The van der Waals surface area contributed by atoms with Crippen LogP contribution in [0.25, 0.3) is 0 Å². The van der Waals surface area contributed by atoms with Gasteiger partial charge in [0.25, 0.3) is 10.0 Å². The summed E-state index contributed by atoms with van der Waals surface area (Å²) >= 11 is 0. The minimum atomic E-state index is -3.51. The third-order valence-corrected chi connectivity index (χ3v) is 4.93. The fraction of sp³-hybridized carbons (Fsp3) is 0.571. The van der Waals surface area contributed by atoms with E-state index >= 15 is 0 Å². The smallest absolute Gasteiger partial charge is 0.276 e. The van der Waals surface area contributed by atoms with Gasteiger partial charge in [0.15, 0.2) is 0 Å². The highest BCUT2D eigenvalue weighted by Gasteiger charge is 2.28. The second-order valence-corrected chi connectivity index (χ2v) is 7.30. The Morgan fingerprint density at radius 3 is 2.80 bits per heavy atom. The van der Waals surface area contributed by atoms with E-state index in [1.807, 2.05) is 20.8 Å². The summed E-state index contributed by atoms with van der Waals surface area (Å²) in [5.74, 6) is 0.640. The van der Waals surface area contributed by atoms with Crippen LogP contribution in [-0.2, 0) is 16.6 Å². The van der Waals surface area contributed by atoms with E-state index < -0.39 is 10.0 Å². The zero-order valence-corrected chi connectivity index (χ0v) is 13.0. The second-order valence-electron chi connectivity index (χ2n) is 5.43. The minimum Gasteiger partial charge on any atom is -0.447 e. The molecular formula is C14H22N2O3S. The lowest BCUT2D eigenvalue weighted by Gasteiger charge is -2.24.